The molecule has 2 atom stereocenters. The monoisotopic (exact) mass is 407 g/mol. The van der Waals surface area contributed by atoms with E-state index in [1.807, 2.05) is 26.0 Å². The molecular weight excluding hydrogens is 386 g/mol. The third kappa shape index (κ3) is 3.29. The van der Waals surface area contributed by atoms with Crippen molar-refractivity contribution in [2.75, 3.05) is 11.9 Å². The van der Waals surface area contributed by atoms with Gasteiger partial charge in [0.15, 0.2) is 0 Å². The van der Waals surface area contributed by atoms with Crippen LogP contribution in [0.25, 0.3) is 0 Å². The quantitative estimate of drug-likeness (QED) is 0.755. The first-order chi connectivity index (χ1) is 11.8. The molecule has 3 rings (SSSR count). The molecule has 25 heavy (non-hydrogen) atoms. The van der Waals surface area contributed by atoms with Crippen LogP contribution in [0.1, 0.15) is 38.2 Å². The maximum absolute atomic E-state index is 12.8. The van der Waals surface area contributed by atoms with Crippen LogP contribution >= 0.6 is 15.9 Å². The molecule has 2 aliphatic rings. The van der Waals surface area contributed by atoms with Crippen molar-refractivity contribution in [3.63, 3.8) is 0 Å². The summed E-state index contributed by atoms with van der Waals surface area (Å²) in [5.74, 6) is -0.572. The SMILES string of the molecule is Cc1cc(NC(=O)CN2C(=O)N[C@@]3(CCCC[C@H]3C)C2=O)ccc1Br. The van der Waals surface area contributed by atoms with E-state index in [2.05, 4.69) is 26.6 Å². The number of carbonyl (C=O) groups is 3. The number of imide groups is 1. The molecule has 1 saturated heterocycles. The highest BCUT2D eigenvalue weighted by atomic mass is 79.9. The van der Waals surface area contributed by atoms with Crippen LogP contribution in [-0.2, 0) is 9.59 Å². The van der Waals surface area contributed by atoms with Crippen molar-refractivity contribution in [1.82, 2.24) is 10.2 Å². The van der Waals surface area contributed by atoms with Gasteiger partial charge >= 0.3 is 6.03 Å². The number of anilines is 1. The minimum absolute atomic E-state index is 0.0832. The van der Waals surface area contributed by atoms with E-state index in [4.69, 9.17) is 0 Å². The predicted molar refractivity (Wildman–Crippen MR) is 98.1 cm³/mol. The van der Waals surface area contributed by atoms with Crippen LogP contribution in [0.3, 0.4) is 0 Å². The summed E-state index contributed by atoms with van der Waals surface area (Å²) in [6.45, 7) is 3.64. The Morgan fingerprint density at radius 3 is 2.84 bits per heavy atom. The Kier molecular flexibility index (Phi) is 4.86. The number of amides is 4. The minimum Gasteiger partial charge on any atom is -0.325 e. The number of urea groups is 1. The molecule has 0 bridgehead atoms. The summed E-state index contributed by atoms with van der Waals surface area (Å²) in [6.07, 6.45) is 3.52. The second-order valence-corrected chi connectivity index (χ2v) is 7.81. The molecule has 0 unspecified atom stereocenters. The van der Waals surface area contributed by atoms with Crippen LogP contribution in [0.4, 0.5) is 10.5 Å². The van der Waals surface area contributed by atoms with Gasteiger partial charge in [-0.25, -0.2) is 4.79 Å². The van der Waals surface area contributed by atoms with Crippen LogP contribution in [0.15, 0.2) is 22.7 Å². The van der Waals surface area contributed by atoms with Gasteiger partial charge in [-0.2, -0.15) is 0 Å². The fraction of sp³-hybridized carbons (Fsp3) is 0.500. The number of nitrogens with zero attached hydrogens (tertiary/aromatic N) is 1. The summed E-state index contributed by atoms with van der Waals surface area (Å²) < 4.78 is 0.952. The number of halogens is 1. The zero-order valence-corrected chi connectivity index (χ0v) is 16.0. The Labute approximate surface area is 155 Å². The highest BCUT2D eigenvalue weighted by molar-refractivity contribution is 9.10. The molecular formula is C18H22BrN3O3. The van der Waals surface area contributed by atoms with Crippen molar-refractivity contribution in [3.8, 4) is 0 Å². The molecule has 6 nitrogen and oxygen atoms in total. The van der Waals surface area contributed by atoms with Crippen LogP contribution in [0.2, 0.25) is 0 Å². The van der Waals surface area contributed by atoms with Gasteiger partial charge in [0.05, 0.1) is 0 Å². The zero-order chi connectivity index (χ0) is 18.2. The van der Waals surface area contributed by atoms with Crippen LogP contribution in [-0.4, -0.2) is 34.8 Å². The van der Waals surface area contributed by atoms with Gasteiger partial charge in [-0.3, -0.25) is 14.5 Å². The van der Waals surface area contributed by atoms with E-state index in [1.54, 1.807) is 6.07 Å². The highest BCUT2D eigenvalue weighted by Gasteiger charge is 2.55. The molecule has 7 heteroatoms. The Morgan fingerprint density at radius 2 is 2.16 bits per heavy atom. The lowest BCUT2D eigenvalue weighted by Crippen LogP contribution is -2.54. The molecule has 1 heterocycles. The number of hydrogen-bond donors (Lipinski definition) is 2. The van der Waals surface area contributed by atoms with Crippen molar-refractivity contribution in [1.29, 1.82) is 0 Å². The van der Waals surface area contributed by atoms with Crippen molar-refractivity contribution < 1.29 is 14.4 Å². The molecule has 2 N–H and O–H groups in total. The molecule has 1 aliphatic carbocycles. The molecule has 1 aromatic carbocycles. The molecule has 1 spiro atoms. The zero-order valence-electron chi connectivity index (χ0n) is 14.4. The maximum atomic E-state index is 12.8. The fourth-order valence-corrected chi connectivity index (χ4v) is 3.95. The van der Waals surface area contributed by atoms with Crippen molar-refractivity contribution in [2.45, 2.75) is 45.1 Å². The van der Waals surface area contributed by atoms with Crippen LogP contribution in [0, 0.1) is 12.8 Å². The van der Waals surface area contributed by atoms with Gasteiger partial charge in [-0.15, -0.1) is 0 Å². The standard InChI is InChI=1S/C18H22BrN3O3/c1-11-9-13(6-7-14(11)19)20-15(23)10-22-16(24)18(21-17(22)25)8-4-3-5-12(18)2/h6-7,9,12H,3-5,8,10H2,1-2H3,(H,20,23)(H,21,25)/t12-,18-/m1/s1. The molecule has 0 aromatic heterocycles. The van der Waals surface area contributed by atoms with E-state index in [9.17, 15) is 14.4 Å². The van der Waals surface area contributed by atoms with Crippen LogP contribution in [0.5, 0.6) is 0 Å². The minimum atomic E-state index is -0.830. The molecule has 2 fully saturated rings. The van der Waals surface area contributed by atoms with Crippen molar-refractivity contribution >= 4 is 39.5 Å². The number of aryl methyl sites for hydroxylation is 1. The maximum Gasteiger partial charge on any atom is 0.325 e. The number of nitrogens with one attached hydrogen (secondary N) is 2. The second-order valence-electron chi connectivity index (χ2n) is 6.95. The highest BCUT2D eigenvalue weighted by Crippen LogP contribution is 2.38. The van der Waals surface area contributed by atoms with Crippen LogP contribution < -0.4 is 10.6 Å². The first kappa shape index (κ1) is 17.9. The van der Waals surface area contributed by atoms with Gasteiger partial charge < -0.3 is 10.6 Å². The average Bonchev–Trinajstić information content (AvgIpc) is 2.79. The first-order valence-electron chi connectivity index (χ1n) is 8.53. The Hall–Kier alpha value is -1.89. The fourth-order valence-electron chi connectivity index (χ4n) is 3.71. The van der Waals surface area contributed by atoms with E-state index in [0.29, 0.717) is 12.1 Å². The summed E-state index contributed by atoms with van der Waals surface area (Å²) >= 11 is 3.41. The summed E-state index contributed by atoms with van der Waals surface area (Å²) in [5.41, 5.74) is 0.797. The Balaban J connectivity index is 1.69. The molecule has 134 valence electrons. The summed E-state index contributed by atoms with van der Waals surface area (Å²) in [4.78, 5) is 38.5. The van der Waals surface area contributed by atoms with Crippen molar-refractivity contribution in [2.24, 2.45) is 5.92 Å². The van der Waals surface area contributed by atoms with E-state index in [0.717, 1.165) is 34.2 Å². The smallest absolute Gasteiger partial charge is 0.325 e. The molecule has 1 aliphatic heterocycles. The van der Waals surface area contributed by atoms with Gasteiger partial charge in [0.1, 0.15) is 12.1 Å². The van der Waals surface area contributed by atoms with Gasteiger partial charge in [0.2, 0.25) is 5.91 Å². The van der Waals surface area contributed by atoms with Gasteiger partial charge in [0, 0.05) is 10.2 Å². The normalized spacial score (nSPS) is 26.0. The van der Waals surface area contributed by atoms with E-state index < -0.39 is 11.6 Å². The van der Waals surface area contributed by atoms with Gasteiger partial charge in [0.25, 0.3) is 5.91 Å². The van der Waals surface area contributed by atoms with E-state index in [1.165, 1.54) is 0 Å². The lowest BCUT2D eigenvalue weighted by Gasteiger charge is -2.36. The van der Waals surface area contributed by atoms with Gasteiger partial charge in [-0.1, -0.05) is 35.7 Å². The lowest BCUT2D eigenvalue weighted by atomic mass is 9.73. The van der Waals surface area contributed by atoms with Crippen molar-refractivity contribution in [3.05, 3.63) is 28.2 Å². The molecule has 1 saturated carbocycles. The van der Waals surface area contributed by atoms with Gasteiger partial charge in [-0.05, 0) is 49.4 Å². The molecule has 4 amide bonds. The lowest BCUT2D eigenvalue weighted by molar-refractivity contribution is -0.136. The first-order valence-corrected chi connectivity index (χ1v) is 9.33. The second kappa shape index (κ2) is 6.78. The number of benzene rings is 1. The summed E-state index contributed by atoms with van der Waals surface area (Å²) in [5, 5.41) is 5.60. The third-order valence-electron chi connectivity index (χ3n) is 5.24. The van der Waals surface area contributed by atoms with E-state index >= 15 is 0 Å². The third-order valence-corrected chi connectivity index (χ3v) is 6.13. The topological polar surface area (TPSA) is 78.5 Å². The number of hydrogen-bond acceptors (Lipinski definition) is 3. The van der Waals surface area contributed by atoms with E-state index in [-0.39, 0.29) is 24.3 Å². The number of rotatable bonds is 3. The largest absolute Gasteiger partial charge is 0.325 e. The number of carbonyl (C=O) groups excluding carboxylic acids is 3. The Morgan fingerprint density at radius 1 is 1.40 bits per heavy atom. The Bertz CT molecular complexity index is 736. The summed E-state index contributed by atoms with van der Waals surface area (Å²) in [6, 6.07) is 4.97. The molecule has 1 aromatic rings. The predicted octanol–water partition coefficient (Wildman–Crippen LogP) is 3.20. The molecule has 0 radical (unpaired) electrons. The summed E-state index contributed by atoms with van der Waals surface area (Å²) in [7, 11) is 0. The average molecular weight is 408 g/mol.